The van der Waals surface area contributed by atoms with E-state index >= 15 is 0 Å². The Kier molecular flexibility index (Phi) is 14.3. The van der Waals surface area contributed by atoms with Crippen LogP contribution in [0.3, 0.4) is 0 Å². The van der Waals surface area contributed by atoms with Gasteiger partial charge in [-0.2, -0.15) is 0 Å². The van der Waals surface area contributed by atoms with Crippen molar-refractivity contribution in [1.82, 2.24) is 16.0 Å². The molecule has 0 bridgehead atoms. The molecule has 0 aliphatic rings. The maximum absolute atomic E-state index is 10.6. The number of hydrogen-bond donors (Lipinski definition) is 5. The average Bonchev–Trinajstić information content (AvgIpc) is 2.29. The number of carbonyl (C=O) groups excluding carboxylic acids is 2. The van der Waals surface area contributed by atoms with Crippen LogP contribution in [-0.2, 0) is 14.4 Å². The van der Waals surface area contributed by atoms with Crippen LogP contribution in [0.25, 0.3) is 0 Å². The Bertz CT molecular complexity index is 316. The number of nitrogens with two attached hydrogens (primary N) is 1. The molecule has 0 saturated carbocycles. The first-order valence-corrected chi connectivity index (χ1v) is 5.79. The summed E-state index contributed by atoms with van der Waals surface area (Å²) in [6.45, 7) is 1.71. The summed E-state index contributed by atoms with van der Waals surface area (Å²) in [7, 11) is 0. The Balaban J connectivity index is 0. The Hall–Kier alpha value is -0.710. The molecule has 0 heterocycles. The fourth-order valence-electron chi connectivity index (χ4n) is 1.27. The summed E-state index contributed by atoms with van der Waals surface area (Å²) < 4.78 is 0. The van der Waals surface area contributed by atoms with Crippen LogP contribution >= 0.6 is 0 Å². The van der Waals surface area contributed by atoms with Crippen LogP contribution in [0, 0.1) is 0 Å². The van der Waals surface area contributed by atoms with E-state index < -0.39 is 23.9 Å². The largest absolute Gasteiger partial charge is 1.00 e. The van der Waals surface area contributed by atoms with Crippen molar-refractivity contribution in [3.05, 3.63) is 0 Å². The minimum Gasteiger partial charge on any atom is -0.548 e. The predicted octanol–water partition coefficient (Wildman–Crippen LogP) is -7.16. The Labute approximate surface area is 138 Å². The molecule has 1 unspecified atom stereocenters. The number of carboxylic acid groups (broad SMARTS) is 2. The molecular weight excluding hydrogens is 279 g/mol. The molecule has 9 nitrogen and oxygen atoms in total. The minimum atomic E-state index is -1.37. The molecule has 1 amide bonds. The van der Waals surface area contributed by atoms with Gasteiger partial charge in [-0.1, -0.05) is 0 Å². The van der Waals surface area contributed by atoms with Gasteiger partial charge in [0.15, 0.2) is 0 Å². The normalized spacial score (nSPS) is 11.4. The van der Waals surface area contributed by atoms with Crippen LogP contribution in [0.2, 0.25) is 0 Å². The molecule has 0 aliphatic carbocycles. The zero-order chi connectivity index (χ0) is 14.7. The molecule has 1 atom stereocenters. The van der Waals surface area contributed by atoms with Gasteiger partial charge in [-0.3, -0.25) is 9.59 Å². The third-order valence-electron chi connectivity index (χ3n) is 2.14. The number of hydrogen-bond acceptors (Lipinski definition) is 7. The monoisotopic (exact) mass is 298 g/mol. The number of primary amides is 1. The fourth-order valence-corrected chi connectivity index (χ4v) is 1.27. The van der Waals surface area contributed by atoms with Crippen LogP contribution < -0.4 is 56.3 Å². The number of carbonyl (C=O) groups is 3. The van der Waals surface area contributed by atoms with Crippen molar-refractivity contribution in [1.29, 1.82) is 0 Å². The summed E-state index contributed by atoms with van der Waals surface area (Å²) in [4.78, 5) is 31.4. The molecule has 0 aromatic carbocycles. The molecule has 0 radical (unpaired) electrons. The topological polar surface area (TPSA) is 157 Å². The van der Waals surface area contributed by atoms with Crippen LogP contribution in [0.4, 0.5) is 0 Å². The second kappa shape index (κ2) is 13.3. The van der Waals surface area contributed by atoms with Crippen LogP contribution in [0.15, 0.2) is 0 Å². The quantitative estimate of drug-likeness (QED) is 0.176. The maximum atomic E-state index is 10.6. The van der Waals surface area contributed by atoms with Crippen molar-refractivity contribution in [2.24, 2.45) is 5.73 Å². The van der Waals surface area contributed by atoms with Gasteiger partial charge in [0, 0.05) is 32.6 Å². The van der Waals surface area contributed by atoms with Crippen molar-refractivity contribution in [2.45, 2.75) is 12.5 Å². The predicted molar refractivity (Wildman–Crippen MR) is 64.0 cm³/mol. The maximum Gasteiger partial charge on any atom is 1.00 e. The van der Waals surface area contributed by atoms with Gasteiger partial charge in [-0.25, -0.2) is 0 Å². The second-order valence-electron chi connectivity index (χ2n) is 3.82. The molecule has 10 heteroatoms. The van der Waals surface area contributed by atoms with E-state index in [1.54, 1.807) is 0 Å². The van der Waals surface area contributed by atoms with Crippen LogP contribution in [0.1, 0.15) is 6.42 Å². The van der Waals surface area contributed by atoms with E-state index in [1.165, 1.54) is 0 Å². The first-order chi connectivity index (χ1) is 8.93. The third kappa shape index (κ3) is 13.7. The van der Waals surface area contributed by atoms with E-state index in [-0.39, 0.29) is 42.5 Å². The minimum absolute atomic E-state index is 0. The summed E-state index contributed by atoms with van der Waals surface area (Å²) in [5.74, 6) is -3.01. The summed E-state index contributed by atoms with van der Waals surface area (Å²) in [5, 5.41) is 27.2. The summed E-state index contributed by atoms with van der Waals surface area (Å²) >= 11 is 0. The first kappa shape index (κ1) is 21.6. The number of aliphatic carboxylic acids is 2. The van der Waals surface area contributed by atoms with Gasteiger partial charge in [-0.15, -0.1) is 0 Å². The molecule has 0 spiro atoms. The zero-order valence-corrected chi connectivity index (χ0v) is 13.5. The molecule has 0 aromatic heterocycles. The Morgan fingerprint density at radius 2 is 1.65 bits per heavy atom. The van der Waals surface area contributed by atoms with Crippen molar-refractivity contribution >= 4 is 17.8 Å². The van der Waals surface area contributed by atoms with E-state index in [9.17, 15) is 19.5 Å². The molecule has 110 valence electrons. The van der Waals surface area contributed by atoms with Gasteiger partial charge in [0.05, 0.1) is 18.6 Å². The smallest absolute Gasteiger partial charge is 0.548 e. The van der Waals surface area contributed by atoms with Crippen molar-refractivity contribution < 1.29 is 54.2 Å². The second-order valence-corrected chi connectivity index (χ2v) is 3.82. The molecule has 0 fully saturated rings. The Morgan fingerprint density at radius 1 is 1.10 bits per heavy atom. The number of carboxylic acids is 2. The summed E-state index contributed by atoms with van der Waals surface area (Å²) in [6.07, 6.45) is -0.317. The van der Waals surface area contributed by atoms with Gasteiger partial charge in [0.2, 0.25) is 5.91 Å². The van der Waals surface area contributed by atoms with E-state index in [1.807, 2.05) is 0 Å². The molecule has 0 aromatic rings. The SMILES string of the molecule is NC(=O)CC(NCCNCCNCC(=O)O)C(=O)[O-].[Na+]. The van der Waals surface area contributed by atoms with Gasteiger partial charge >= 0.3 is 35.5 Å². The van der Waals surface area contributed by atoms with Crippen LogP contribution in [-0.4, -0.2) is 61.7 Å². The molecule has 0 aliphatic heterocycles. The molecular formula is C10H19N4NaO5. The Morgan fingerprint density at radius 3 is 2.15 bits per heavy atom. The fraction of sp³-hybridized carbons (Fsp3) is 0.700. The number of rotatable bonds is 12. The van der Waals surface area contributed by atoms with E-state index in [0.717, 1.165) is 0 Å². The van der Waals surface area contributed by atoms with E-state index in [4.69, 9.17) is 10.8 Å². The zero-order valence-electron chi connectivity index (χ0n) is 11.5. The summed E-state index contributed by atoms with van der Waals surface area (Å²) in [5.41, 5.74) is 4.90. The standard InChI is InChI=1S/C10H20N4O5.Na/c11-8(15)5-7(10(18)19)14-4-3-12-1-2-13-6-9(16)17;/h7,12-14H,1-6H2,(H2,11,15)(H,16,17)(H,18,19);/q;+1/p-1. The van der Waals surface area contributed by atoms with Gasteiger partial charge in [-0.05, 0) is 0 Å². The van der Waals surface area contributed by atoms with Gasteiger partial charge in [0.1, 0.15) is 0 Å². The van der Waals surface area contributed by atoms with Gasteiger partial charge < -0.3 is 36.7 Å². The number of nitrogens with one attached hydrogen (secondary N) is 3. The van der Waals surface area contributed by atoms with Crippen molar-refractivity contribution in [3.63, 3.8) is 0 Å². The molecule has 6 N–H and O–H groups in total. The molecule has 20 heavy (non-hydrogen) atoms. The number of amides is 1. The summed E-state index contributed by atoms with van der Waals surface area (Å²) in [6, 6.07) is -1.09. The molecule has 0 rings (SSSR count). The molecule has 0 saturated heterocycles. The van der Waals surface area contributed by atoms with Gasteiger partial charge in [0.25, 0.3) is 0 Å². The third-order valence-corrected chi connectivity index (χ3v) is 2.14. The van der Waals surface area contributed by atoms with E-state index in [2.05, 4.69) is 16.0 Å². The van der Waals surface area contributed by atoms with Crippen molar-refractivity contribution in [2.75, 3.05) is 32.7 Å². The van der Waals surface area contributed by atoms with Crippen LogP contribution in [0.5, 0.6) is 0 Å². The van der Waals surface area contributed by atoms with E-state index in [0.29, 0.717) is 26.2 Å². The first-order valence-electron chi connectivity index (χ1n) is 5.79. The van der Waals surface area contributed by atoms with Crippen molar-refractivity contribution in [3.8, 4) is 0 Å². The average molecular weight is 298 g/mol.